The first-order valence-corrected chi connectivity index (χ1v) is 9.00. The van der Waals surface area contributed by atoms with Crippen molar-refractivity contribution in [2.45, 2.75) is 26.8 Å². The topological polar surface area (TPSA) is 55.4 Å². The predicted octanol–water partition coefficient (Wildman–Crippen LogP) is 2.65. The molecular weight excluding hydrogens is 298 g/mol. The average Bonchev–Trinajstić information content (AvgIpc) is 2.43. The fraction of sp³-hybridized carbons (Fsp3) is 0.571. The van der Waals surface area contributed by atoms with Crippen LogP contribution >= 0.6 is 11.6 Å². The highest BCUT2D eigenvalue weighted by atomic mass is 35.5. The quantitative estimate of drug-likeness (QED) is 0.711. The molecule has 0 aliphatic heterocycles. The van der Waals surface area contributed by atoms with Crippen molar-refractivity contribution in [2.24, 2.45) is 0 Å². The van der Waals surface area contributed by atoms with E-state index in [0.717, 1.165) is 17.9 Å². The molecule has 114 valence electrons. The lowest BCUT2D eigenvalue weighted by molar-refractivity contribution is 0.313. The van der Waals surface area contributed by atoms with Gasteiger partial charge in [-0.15, -0.1) is 0 Å². The van der Waals surface area contributed by atoms with Crippen LogP contribution in [-0.4, -0.2) is 33.1 Å². The van der Waals surface area contributed by atoms with Gasteiger partial charge in [0.05, 0.1) is 12.4 Å². The molecule has 0 radical (unpaired) electrons. The first-order chi connectivity index (χ1) is 9.48. The van der Waals surface area contributed by atoms with Gasteiger partial charge in [0.25, 0.3) is 0 Å². The summed E-state index contributed by atoms with van der Waals surface area (Å²) < 4.78 is 28.4. The Kier molecular flexibility index (Phi) is 7.34. The lowest BCUT2D eigenvalue weighted by atomic mass is 10.2. The molecule has 0 aliphatic carbocycles. The Balaban J connectivity index is 2.54. The van der Waals surface area contributed by atoms with Crippen molar-refractivity contribution < 1.29 is 13.2 Å². The van der Waals surface area contributed by atoms with E-state index in [1.807, 2.05) is 19.1 Å². The molecule has 0 saturated carbocycles. The van der Waals surface area contributed by atoms with Gasteiger partial charge in [-0.25, -0.2) is 8.42 Å². The maximum absolute atomic E-state index is 11.4. The summed E-state index contributed by atoms with van der Waals surface area (Å²) in [5.74, 6) is 1.10. The molecule has 0 fully saturated rings. The van der Waals surface area contributed by atoms with E-state index >= 15 is 0 Å². The zero-order chi connectivity index (χ0) is 15.0. The molecule has 0 saturated heterocycles. The largest absolute Gasteiger partial charge is 0.493 e. The van der Waals surface area contributed by atoms with Crippen LogP contribution in [0.25, 0.3) is 0 Å². The molecular formula is C14H22ClNO3S. The van der Waals surface area contributed by atoms with E-state index in [1.54, 1.807) is 13.0 Å². The first-order valence-electron chi connectivity index (χ1n) is 6.81. The molecule has 0 amide bonds. The third kappa shape index (κ3) is 6.11. The monoisotopic (exact) mass is 319 g/mol. The molecule has 0 aliphatic rings. The van der Waals surface area contributed by atoms with Gasteiger partial charge in [-0.2, -0.15) is 0 Å². The van der Waals surface area contributed by atoms with Crippen molar-refractivity contribution in [3.63, 3.8) is 0 Å². The van der Waals surface area contributed by atoms with Gasteiger partial charge >= 0.3 is 0 Å². The van der Waals surface area contributed by atoms with Gasteiger partial charge in [0, 0.05) is 22.9 Å². The van der Waals surface area contributed by atoms with Crippen molar-refractivity contribution in [1.82, 2.24) is 5.32 Å². The third-order valence-electron chi connectivity index (χ3n) is 2.89. The number of ether oxygens (including phenoxy) is 1. The molecule has 1 aromatic rings. The van der Waals surface area contributed by atoms with Crippen molar-refractivity contribution in [3.05, 3.63) is 28.8 Å². The normalized spacial score (nSPS) is 11.6. The molecule has 1 N–H and O–H groups in total. The molecule has 0 bridgehead atoms. The minimum absolute atomic E-state index is 0.166. The van der Waals surface area contributed by atoms with Crippen LogP contribution in [0.5, 0.6) is 5.75 Å². The fourth-order valence-corrected chi connectivity index (χ4v) is 2.73. The number of benzene rings is 1. The van der Waals surface area contributed by atoms with Gasteiger partial charge in [0.15, 0.2) is 0 Å². The van der Waals surface area contributed by atoms with Crippen LogP contribution in [0.15, 0.2) is 18.2 Å². The third-order valence-corrected chi connectivity index (χ3v) is 4.91. The molecule has 0 heterocycles. The Bertz CT molecular complexity index is 517. The van der Waals surface area contributed by atoms with Gasteiger partial charge in [-0.05, 0) is 31.2 Å². The SMILES string of the molecule is CCNCc1cc(Cl)ccc1OCCCS(=O)(=O)CC. The minimum Gasteiger partial charge on any atom is -0.493 e. The van der Waals surface area contributed by atoms with Gasteiger partial charge in [0.1, 0.15) is 15.6 Å². The summed E-state index contributed by atoms with van der Waals surface area (Å²) in [6, 6.07) is 5.46. The molecule has 4 nitrogen and oxygen atoms in total. The van der Waals surface area contributed by atoms with Crippen LogP contribution in [0.2, 0.25) is 5.02 Å². The Morgan fingerprint density at radius 1 is 1.30 bits per heavy atom. The maximum Gasteiger partial charge on any atom is 0.150 e. The number of sulfone groups is 1. The van der Waals surface area contributed by atoms with Crippen LogP contribution in [0.4, 0.5) is 0 Å². The van der Waals surface area contributed by atoms with E-state index in [-0.39, 0.29) is 11.5 Å². The number of rotatable bonds is 9. The number of halogens is 1. The molecule has 1 aromatic carbocycles. The van der Waals surface area contributed by atoms with Gasteiger partial charge in [-0.3, -0.25) is 0 Å². The van der Waals surface area contributed by atoms with E-state index in [2.05, 4.69) is 5.32 Å². The van der Waals surface area contributed by atoms with Gasteiger partial charge in [-0.1, -0.05) is 25.4 Å². The van der Waals surface area contributed by atoms with E-state index in [9.17, 15) is 8.42 Å². The predicted molar refractivity (Wildman–Crippen MR) is 83.3 cm³/mol. The van der Waals surface area contributed by atoms with E-state index in [1.165, 1.54) is 0 Å². The van der Waals surface area contributed by atoms with Gasteiger partial charge < -0.3 is 10.1 Å². The molecule has 0 spiro atoms. The molecule has 1 rings (SSSR count). The van der Waals surface area contributed by atoms with Crippen LogP contribution in [0.1, 0.15) is 25.8 Å². The highest BCUT2D eigenvalue weighted by molar-refractivity contribution is 7.91. The summed E-state index contributed by atoms with van der Waals surface area (Å²) in [6.45, 7) is 5.62. The zero-order valence-corrected chi connectivity index (χ0v) is 13.6. The summed E-state index contributed by atoms with van der Waals surface area (Å²) in [4.78, 5) is 0. The number of hydrogen-bond donors (Lipinski definition) is 1. The second-order valence-electron chi connectivity index (χ2n) is 4.47. The summed E-state index contributed by atoms with van der Waals surface area (Å²) in [7, 11) is -2.92. The minimum atomic E-state index is -2.92. The maximum atomic E-state index is 11.4. The van der Waals surface area contributed by atoms with Crippen LogP contribution < -0.4 is 10.1 Å². The standard InChI is InChI=1S/C14H22ClNO3S/c1-3-16-11-12-10-13(15)6-7-14(12)19-8-5-9-20(17,18)4-2/h6-7,10,16H,3-5,8-9,11H2,1-2H3. The highest BCUT2D eigenvalue weighted by Crippen LogP contribution is 2.23. The highest BCUT2D eigenvalue weighted by Gasteiger charge is 2.08. The van der Waals surface area contributed by atoms with Crippen molar-refractivity contribution >= 4 is 21.4 Å². The van der Waals surface area contributed by atoms with Crippen molar-refractivity contribution in [1.29, 1.82) is 0 Å². The first kappa shape index (κ1) is 17.3. The summed E-state index contributed by atoms with van der Waals surface area (Å²) in [5, 5.41) is 3.89. The van der Waals surface area contributed by atoms with Crippen LogP contribution in [-0.2, 0) is 16.4 Å². The second kappa shape index (κ2) is 8.49. The number of hydrogen-bond acceptors (Lipinski definition) is 4. The van der Waals surface area contributed by atoms with Crippen LogP contribution in [0.3, 0.4) is 0 Å². The summed E-state index contributed by atoms with van der Waals surface area (Å²) in [5.41, 5.74) is 0.984. The molecule has 0 unspecified atom stereocenters. The molecule has 20 heavy (non-hydrogen) atoms. The lowest BCUT2D eigenvalue weighted by Gasteiger charge is -2.12. The van der Waals surface area contributed by atoms with Crippen molar-refractivity contribution in [2.75, 3.05) is 24.7 Å². The average molecular weight is 320 g/mol. The molecule has 0 aromatic heterocycles. The smallest absolute Gasteiger partial charge is 0.150 e. The molecule has 0 atom stereocenters. The fourth-order valence-electron chi connectivity index (χ4n) is 1.69. The molecule has 6 heteroatoms. The Morgan fingerprint density at radius 2 is 2.05 bits per heavy atom. The van der Waals surface area contributed by atoms with Crippen molar-refractivity contribution in [3.8, 4) is 5.75 Å². The second-order valence-corrected chi connectivity index (χ2v) is 7.38. The van der Waals surface area contributed by atoms with E-state index in [4.69, 9.17) is 16.3 Å². The Hall–Kier alpha value is -0.780. The zero-order valence-electron chi connectivity index (χ0n) is 12.0. The summed E-state index contributed by atoms with van der Waals surface area (Å²) >= 11 is 5.97. The van der Waals surface area contributed by atoms with Gasteiger partial charge in [0.2, 0.25) is 0 Å². The van der Waals surface area contributed by atoms with E-state index in [0.29, 0.717) is 24.6 Å². The lowest BCUT2D eigenvalue weighted by Crippen LogP contribution is -2.14. The Morgan fingerprint density at radius 3 is 2.70 bits per heavy atom. The Labute approximate surface area is 126 Å². The summed E-state index contributed by atoms with van der Waals surface area (Å²) in [6.07, 6.45) is 0.499. The van der Waals surface area contributed by atoms with Crippen LogP contribution in [0, 0.1) is 0 Å². The van der Waals surface area contributed by atoms with E-state index < -0.39 is 9.84 Å². The number of nitrogens with one attached hydrogen (secondary N) is 1.